The van der Waals surface area contributed by atoms with Gasteiger partial charge in [-0.15, -0.1) is 24.8 Å². The van der Waals surface area contributed by atoms with Gasteiger partial charge in [0.15, 0.2) is 0 Å². The molecule has 1 spiro atoms. The van der Waals surface area contributed by atoms with Crippen molar-refractivity contribution < 1.29 is 14.6 Å². The second-order valence-electron chi connectivity index (χ2n) is 8.65. The molecule has 7 nitrogen and oxygen atoms in total. The van der Waals surface area contributed by atoms with Crippen molar-refractivity contribution in [1.82, 2.24) is 20.0 Å². The lowest BCUT2D eigenvalue weighted by molar-refractivity contribution is -0.133. The molecule has 2 N–H and O–H groups in total. The summed E-state index contributed by atoms with van der Waals surface area (Å²) in [6.07, 6.45) is 0.401. The molecule has 2 aromatic rings. The highest BCUT2D eigenvalue weighted by Crippen LogP contribution is 2.47. The number of nitrogens with one attached hydrogen (secondary N) is 1. The van der Waals surface area contributed by atoms with Gasteiger partial charge >= 0.3 is 0 Å². The lowest BCUT2D eigenvalue weighted by atomic mass is 9.83. The molecule has 3 aliphatic rings. The van der Waals surface area contributed by atoms with Crippen LogP contribution < -0.4 is 5.32 Å². The van der Waals surface area contributed by atoms with Crippen molar-refractivity contribution in [1.29, 1.82) is 0 Å². The van der Waals surface area contributed by atoms with Crippen molar-refractivity contribution in [2.24, 2.45) is 11.8 Å². The molecule has 9 heteroatoms. The van der Waals surface area contributed by atoms with Gasteiger partial charge in [-0.05, 0) is 26.0 Å². The highest BCUT2D eigenvalue weighted by molar-refractivity contribution is 5.85. The van der Waals surface area contributed by atoms with E-state index in [1.54, 1.807) is 0 Å². The summed E-state index contributed by atoms with van der Waals surface area (Å²) in [7, 11) is 0. The first kappa shape index (κ1) is 24.0. The van der Waals surface area contributed by atoms with E-state index in [1.807, 2.05) is 53.8 Å². The molecular formula is C22H30Cl2N4O3. The fraction of sp³-hybridized carbons (Fsp3) is 0.545. The number of fused-ring (bicyclic) bond motifs is 1. The molecule has 3 saturated heterocycles. The number of rotatable bonds is 4. The Morgan fingerprint density at radius 3 is 2.74 bits per heavy atom. The number of likely N-dealkylation sites (tertiary alicyclic amines) is 1. The van der Waals surface area contributed by atoms with Gasteiger partial charge in [0.1, 0.15) is 5.60 Å². The molecule has 1 aromatic heterocycles. The second kappa shape index (κ2) is 9.08. The smallest absolute Gasteiger partial charge is 0.227 e. The Morgan fingerprint density at radius 1 is 1.29 bits per heavy atom. The molecular weight excluding hydrogens is 439 g/mol. The Balaban J connectivity index is 0.00000136. The zero-order chi connectivity index (χ0) is 20.2. The minimum atomic E-state index is -0.343. The third-order valence-corrected chi connectivity index (χ3v) is 7.04. The highest BCUT2D eigenvalue weighted by atomic mass is 35.5. The number of carbonyl (C=O) groups is 1. The lowest BCUT2D eigenvalue weighted by Gasteiger charge is -2.33. The maximum absolute atomic E-state index is 13.2. The molecule has 3 aliphatic heterocycles. The van der Waals surface area contributed by atoms with Crippen LogP contribution in [-0.2, 0) is 16.0 Å². The summed E-state index contributed by atoms with van der Waals surface area (Å²) in [5, 5.41) is 18.0. The van der Waals surface area contributed by atoms with E-state index in [0.717, 1.165) is 35.7 Å². The Hall–Kier alpha value is -1.64. The Morgan fingerprint density at radius 2 is 2.03 bits per heavy atom. The molecule has 0 unspecified atom stereocenters. The van der Waals surface area contributed by atoms with E-state index in [9.17, 15) is 9.90 Å². The Kier molecular flexibility index (Phi) is 7.03. The van der Waals surface area contributed by atoms with Crippen LogP contribution in [0, 0.1) is 25.7 Å². The van der Waals surface area contributed by atoms with E-state index in [4.69, 9.17) is 4.74 Å². The number of aryl methyl sites for hydroxylation is 1. The molecule has 5 rings (SSSR count). The second-order valence-corrected chi connectivity index (χ2v) is 8.65. The first-order valence-corrected chi connectivity index (χ1v) is 10.4. The van der Waals surface area contributed by atoms with E-state index >= 15 is 0 Å². The molecule has 0 aliphatic carbocycles. The number of ether oxygens (including phenoxy) is 1. The number of aliphatic hydroxyl groups excluding tert-OH is 1. The van der Waals surface area contributed by atoms with E-state index < -0.39 is 0 Å². The van der Waals surface area contributed by atoms with Crippen molar-refractivity contribution in [2.75, 3.05) is 32.8 Å². The van der Waals surface area contributed by atoms with Crippen LogP contribution >= 0.6 is 24.8 Å². The van der Waals surface area contributed by atoms with Gasteiger partial charge in [-0.3, -0.25) is 4.79 Å². The first-order valence-electron chi connectivity index (χ1n) is 10.4. The Bertz CT molecular complexity index is 938. The monoisotopic (exact) mass is 468 g/mol. The number of carbonyl (C=O) groups excluding carboxylic acids is 1. The molecule has 1 aromatic carbocycles. The number of benzene rings is 1. The van der Waals surface area contributed by atoms with Crippen molar-refractivity contribution in [3.63, 3.8) is 0 Å². The zero-order valence-corrected chi connectivity index (χ0v) is 19.4. The largest absolute Gasteiger partial charge is 0.396 e. The summed E-state index contributed by atoms with van der Waals surface area (Å²) in [4.78, 5) is 15.1. The number of para-hydroxylation sites is 1. The van der Waals surface area contributed by atoms with Crippen LogP contribution in [0.5, 0.6) is 0 Å². The van der Waals surface area contributed by atoms with Gasteiger partial charge in [0.05, 0.1) is 30.5 Å². The van der Waals surface area contributed by atoms with Crippen LogP contribution in [-0.4, -0.2) is 70.2 Å². The lowest BCUT2D eigenvalue weighted by Crippen LogP contribution is -2.52. The Labute approximate surface area is 195 Å². The number of amides is 1. The molecule has 170 valence electrons. The average molecular weight is 469 g/mol. The van der Waals surface area contributed by atoms with Gasteiger partial charge in [-0.1, -0.05) is 18.2 Å². The molecule has 31 heavy (non-hydrogen) atoms. The van der Waals surface area contributed by atoms with Gasteiger partial charge in [0, 0.05) is 49.3 Å². The molecule has 2 bridgehead atoms. The van der Waals surface area contributed by atoms with Crippen LogP contribution in [0.15, 0.2) is 30.3 Å². The van der Waals surface area contributed by atoms with Gasteiger partial charge in [-0.25, -0.2) is 4.68 Å². The summed E-state index contributed by atoms with van der Waals surface area (Å²) in [6.45, 7) is 6.89. The number of nitrogens with zero attached hydrogens (tertiary/aromatic N) is 3. The molecule has 4 atom stereocenters. The molecule has 0 radical (unpaired) electrons. The number of aliphatic hydroxyl groups is 1. The molecule has 1 amide bonds. The minimum Gasteiger partial charge on any atom is -0.396 e. The van der Waals surface area contributed by atoms with Gasteiger partial charge < -0.3 is 20.1 Å². The fourth-order valence-corrected chi connectivity index (χ4v) is 5.50. The van der Waals surface area contributed by atoms with E-state index in [2.05, 4.69) is 10.4 Å². The predicted octanol–water partition coefficient (Wildman–Crippen LogP) is 1.68. The number of halogens is 2. The van der Waals surface area contributed by atoms with Crippen LogP contribution in [0.1, 0.15) is 17.0 Å². The molecule has 0 saturated carbocycles. The van der Waals surface area contributed by atoms with E-state index in [1.165, 1.54) is 0 Å². The third kappa shape index (κ3) is 3.87. The van der Waals surface area contributed by atoms with Crippen LogP contribution in [0.4, 0.5) is 0 Å². The summed E-state index contributed by atoms with van der Waals surface area (Å²) in [5.41, 5.74) is 3.54. The highest BCUT2D eigenvalue weighted by Gasteiger charge is 2.61. The predicted molar refractivity (Wildman–Crippen MR) is 122 cm³/mol. The standard InChI is InChI=1S/C22H28N4O3.2ClH/c1-14-17(15(2)26(24-14)16-6-4-3-5-7-16)8-21(28)25-10-19-18(11-27)20-9-23-12-22(19,13-25)29-20;;/h3-7,18-20,23,27H,8-13H2,1-2H3;2*1H/t18-,19+,20+,22+;;/m0../s1. The van der Waals surface area contributed by atoms with E-state index in [0.29, 0.717) is 19.5 Å². The molecule has 3 fully saturated rings. The van der Waals surface area contributed by atoms with E-state index in [-0.39, 0.29) is 60.9 Å². The quantitative estimate of drug-likeness (QED) is 0.713. The van der Waals surface area contributed by atoms with Crippen molar-refractivity contribution in [3.05, 3.63) is 47.3 Å². The normalized spacial score (nSPS) is 28.6. The summed E-state index contributed by atoms with van der Waals surface area (Å²) >= 11 is 0. The van der Waals surface area contributed by atoms with Gasteiger partial charge in [0.25, 0.3) is 0 Å². The van der Waals surface area contributed by atoms with Crippen LogP contribution in [0.3, 0.4) is 0 Å². The molecule has 4 heterocycles. The van der Waals surface area contributed by atoms with Crippen molar-refractivity contribution in [3.8, 4) is 5.69 Å². The number of hydrogen-bond donors (Lipinski definition) is 2. The number of hydrogen-bond acceptors (Lipinski definition) is 5. The third-order valence-electron chi connectivity index (χ3n) is 7.04. The van der Waals surface area contributed by atoms with Crippen LogP contribution in [0.25, 0.3) is 5.69 Å². The fourth-order valence-electron chi connectivity index (χ4n) is 5.50. The summed E-state index contributed by atoms with van der Waals surface area (Å²) in [5.74, 6) is 0.410. The first-order chi connectivity index (χ1) is 14.0. The maximum Gasteiger partial charge on any atom is 0.227 e. The SMILES string of the molecule is Cc1nn(-c2ccccc2)c(C)c1CC(=O)N1C[C@@H]2[C@H](CO)[C@H]3CNC[C@]2(C1)O3.Cl.Cl. The summed E-state index contributed by atoms with van der Waals surface area (Å²) in [6, 6.07) is 10.00. The van der Waals surface area contributed by atoms with Crippen LogP contribution in [0.2, 0.25) is 0 Å². The van der Waals surface area contributed by atoms with Gasteiger partial charge in [-0.2, -0.15) is 5.10 Å². The van der Waals surface area contributed by atoms with Crippen molar-refractivity contribution >= 4 is 30.7 Å². The number of aromatic nitrogens is 2. The number of morpholine rings is 1. The average Bonchev–Trinajstić information content (AvgIpc) is 3.28. The minimum absolute atomic E-state index is 0. The van der Waals surface area contributed by atoms with Gasteiger partial charge in [0.2, 0.25) is 5.91 Å². The van der Waals surface area contributed by atoms with Crippen molar-refractivity contribution in [2.45, 2.75) is 32.0 Å². The zero-order valence-electron chi connectivity index (χ0n) is 17.8. The summed E-state index contributed by atoms with van der Waals surface area (Å²) < 4.78 is 8.23. The topological polar surface area (TPSA) is 79.6 Å². The maximum atomic E-state index is 13.2.